The molecule has 1 saturated carbocycles. The summed E-state index contributed by atoms with van der Waals surface area (Å²) in [4.78, 5) is 0. The first kappa shape index (κ1) is 28.0. The van der Waals surface area contributed by atoms with Gasteiger partial charge >= 0.3 is 0 Å². The maximum atomic E-state index is 7.08. The van der Waals surface area contributed by atoms with Crippen LogP contribution < -0.4 is 0 Å². The van der Waals surface area contributed by atoms with Crippen LogP contribution in [0.3, 0.4) is 0 Å². The SMILES string of the molecule is CC(C)(C)[Si](C)(C)OCCCC[C@@H](O[Si](C)(C)C(C)(C)C)[C@H]1C[C@H]2O[C@H]2[C@@H]1/C=C/CI. The minimum atomic E-state index is -1.82. The molecule has 2 fully saturated rings. The van der Waals surface area contributed by atoms with E-state index >= 15 is 0 Å². The van der Waals surface area contributed by atoms with Gasteiger partial charge in [-0.2, -0.15) is 0 Å². The summed E-state index contributed by atoms with van der Waals surface area (Å²) in [7, 11) is -3.47. The van der Waals surface area contributed by atoms with Crippen LogP contribution in [0, 0.1) is 11.8 Å². The summed E-state index contributed by atoms with van der Waals surface area (Å²) in [6.45, 7) is 24.4. The topological polar surface area (TPSA) is 31.0 Å². The highest BCUT2D eigenvalue weighted by atomic mass is 127. The molecular formula is C25H49IO3Si2. The van der Waals surface area contributed by atoms with E-state index < -0.39 is 16.6 Å². The van der Waals surface area contributed by atoms with E-state index in [4.69, 9.17) is 13.6 Å². The largest absolute Gasteiger partial charge is 0.417 e. The Bertz CT molecular complexity index is 607. The number of alkyl halides is 1. The van der Waals surface area contributed by atoms with Crippen molar-refractivity contribution in [2.45, 2.75) is 122 Å². The van der Waals surface area contributed by atoms with Gasteiger partial charge in [0.1, 0.15) is 0 Å². The van der Waals surface area contributed by atoms with Gasteiger partial charge in [0.15, 0.2) is 16.6 Å². The van der Waals surface area contributed by atoms with Gasteiger partial charge in [0.05, 0.1) is 12.2 Å². The fourth-order valence-corrected chi connectivity index (χ4v) is 6.91. The number of ether oxygens (including phenoxy) is 1. The number of rotatable bonds is 11. The Hall–Kier alpha value is 0.784. The second-order valence-corrected chi connectivity index (χ2v) is 23.2. The van der Waals surface area contributed by atoms with Gasteiger partial charge in [-0.1, -0.05) is 76.3 Å². The Morgan fingerprint density at radius 1 is 1.00 bits per heavy atom. The fraction of sp³-hybridized carbons (Fsp3) is 0.920. The highest BCUT2D eigenvalue weighted by Gasteiger charge is 2.57. The van der Waals surface area contributed by atoms with Crippen LogP contribution in [0.1, 0.15) is 67.2 Å². The van der Waals surface area contributed by atoms with Crippen molar-refractivity contribution < 1.29 is 13.6 Å². The number of epoxide rings is 1. The van der Waals surface area contributed by atoms with Crippen LogP contribution in [0.2, 0.25) is 36.3 Å². The molecule has 1 aliphatic heterocycles. The molecule has 2 aliphatic rings. The number of hydrogen-bond acceptors (Lipinski definition) is 3. The lowest BCUT2D eigenvalue weighted by Crippen LogP contribution is -2.46. The van der Waals surface area contributed by atoms with Gasteiger partial charge in [-0.3, -0.25) is 0 Å². The highest BCUT2D eigenvalue weighted by molar-refractivity contribution is 14.1. The standard InChI is InChI=1S/C25H49IO3Si2/c1-24(2,3)30(7,8)27-17-12-11-15-21(29-31(9,10)25(4,5)6)20-18-22-23(28-22)19(20)14-13-16-26/h13-14,19-23H,11-12,15-18H2,1-10H3/b14-13+/t19-,20+,21-,22-,23+/m1/s1. The first-order valence-corrected chi connectivity index (χ1v) is 19.6. The van der Waals surface area contributed by atoms with Crippen LogP contribution in [-0.2, 0) is 13.6 Å². The molecule has 0 spiro atoms. The molecule has 0 aromatic carbocycles. The molecule has 6 heteroatoms. The predicted molar refractivity (Wildman–Crippen MR) is 147 cm³/mol. The molecule has 0 unspecified atom stereocenters. The summed E-state index contributed by atoms with van der Waals surface area (Å²) in [5.41, 5.74) is 0. The molecule has 5 atom stereocenters. The van der Waals surface area contributed by atoms with Crippen LogP contribution in [0.25, 0.3) is 0 Å². The molecule has 182 valence electrons. The molecule has 0 aromatic heterocycles. The van der Waals surface area contributed by atoms with E-state index in [1.54, 1.807) is 0 Å². The van der Waals surface area contributed by atoms with Crippen LogP contribution in [0.5, 0.6) is 0 Å². The molecule has 1 aliphatic carbocycles. The third-order valence-electron chi connectivity index (χ3n) is 8.33. The Balaban J connectivity index is 2.01. The first-order chi connectivity index (χ1) is 14.1. The Morgan fingerprint density at radius 2 is 1.61 bits per heavy atom. The molecule has 0 bridgehead atoms. The van der Waals surface area contributed by atoms with Gasteiger partial charge in [-0.05, 0) is 67.9 Å². The van der Waals surface area contributed by atoms with E-state index in [9.17, 15) is 0 Å². The second-order valence-electron chi connectivity index (χ2n) is 12.7. The first-order valence-electron chi connectivity index (χ1n) is 12.3. The normalized spacial score (nSPS) is 28.2. The van der Waals surface area contributed by atoms with Crippen molar-refractivity contribution in [3.05, 3.63) is 12.2 Å². The minimum Gasteiger partial charge on any atom is -0.417 e. The molecule has 0 N–H and O–H groups in total. The van der Waals surface area contributed by atoms with Crippen molar-refractivity contribution in [3.63, 3.8) is 0 Å². The van der Waals surface area contributed by atoms with E-state index in [0.29, 0.717) is 30.1 Å². The average Bonchev–Trinajstić information content (AvgIpc) is 3.29. The van der Waals surface area contributed by atoms with Crippen LogP contribution >= 0.6 is 22.6 Å². The van der Waals surface area contributed by atoms with E-state index in [2.05, 4.69) is 102 Å². The third-order valence-corrected chi connectivity index (χ3v) is 17.9. The predicted octanol–water partition coefficient (Wildman–Crippen LogP) is 7.96. The van der Waals surface area contributed by atoms with Gasteiger partial charge in [-0.15, -0.1) is 0 Å². The average molecular weight is 581 g/mol. The molecule has 2 rings (SSSR count). The molecule has 0 radical (unpaired) electrons. The van der Waals surface area contributed by atoms with Crippen molar-refractivity contribution in [1.29, 1.82) is 0 Å². The third kappa shape index (κ3) is 7.38. The number of unbranched alkanes of at least 4 members (excludes halogenated alkanes) is 1. The quantitative estimate of drug-likeness (QED) is 0.0620. The van der Waals surface area contributed by atoms with Gasteiger partial charge in [0.25, 0.3) is 0 Å². The van der Waals surface area contributed by atoms with E-state index in [-0.39, 0.29) is 10.1 Å². The summed E-state index contributed by atoms with van der Waals surface area (Å²) >= 11 is 2.43. The summed E-state index contributed by atoms with van der Waals surface area (Å²) < 4.78 is 20.5. The summed E-state index contributed by atoms with van der Waals surface area (Å²) in [5.74, 6) is 1.12. The van der Waals surface area contributed by atoms with Crippen molar-refractivity contribution in [1.82, 2.24) is 0 Å². The number of fused-ring (bicyclic) bond motifs is 1. The Morgan fingerprint density at radius 3 is 2.16 bits per heavy atom. The number of hydrogen-bond donors (Lipinski definition) is 0. The maximum Gasteiger partial charge on any atom is 0.192 e. The van der Waals surface area contributed by atoms with Gasteiger partial charge in [0.2, 0.25) is 0 Å². The monoisotopic (exact) mass is 580 g/mol. The fourth-order valence-electron chi connectivity index (χ4n) is 4.12. The lowest BCUT2D eigenvalue weighted by molar-refractivity contribution is 0.0647. The lowest BCUT2D eigenvalue weighted by atomic mass is 9.87. The van der Waals surface area contributed by atoms with Gasteiger partial charge in [0, 0.05) is 23.1 Å². The number of allylic oxidation sites excluding steroid dienone is 1. The van der Waals surface area contributed by atoms with Gasteiger partial charge in [-0.25, -0.2) is 0 Å². The number of halogens is 1. The molecular weight excluding hydrogens is 531 g/mol. The van der Waals surface area contributed by atoms with Crippen molar-refractivity contribution >= 4 is 39.2 Å². The summed E-state index contributed by atoms with van der Waals surface area (Å²) in [6.07, 6.45) is 10.6. The smallest absolute Gasteiger partial charge is 0.192 e. The zero-order valence-electron chi connectivity index (χ0n) is 21.9. The van der Waals surface area contributed by atoms with Crippen molar-refractivity contribution in [2.24, 2.45) is 11.8 Å². The van der Waals surface area contributed by atoms with E-state index in [1.807, 2.05) is 0 Å². The van der Waals surface area contributed by atoms with Gasteiger partial charge < -0.3 is 13.6 Å². The van der Waals surface area contributed by atoms with Crippen molar-refractivity contribution in [3.8, 4) is 0 Å². The van der Waals surface area contributed by atoms with E-state index in [0.717, 1.165) is 23.9 Å². The molecule has 0 amide bonds. The lowest BCUT2D eigenvalue weighted by Gasteiger charge is -2.42. The van der Waals surface area contributed by atoms with Crippen LogP contribution in [-0.4, -0.2) is 46.0 Å². The molecule has 1 heterocycles. The molecule has 0 aromatic rings. The maximum absolute atomic E-state index is 7.08. The zero-order chi connectivity index (χ0) is 23.7. The summed E-state index contributed by atoms with van der Waals surface area (Å²) in [6, 6.07) is 0. The summed E-state index contributed by atoms with van der Waals surface area (Å²) in [5, 5.41) is 0.520. The van der Waals surface area contributed by atoms with E-state index in [1.165, 1.54) is 12.8 Å². The molecule has 3 nitrogen and oxygen atoms in total. The van der Waals surface area contributed by atoms with Crippen LogP contribution in [0.15, 0.2) is 12.2 Å². The Kier molecular flexibility index (Phi) is 9.57. The molecule has 1 saturated heterocycles. The van der Waals surface area contributed by atoms with Crippen LogP contribution in [0.4, 0.5) is 0 Å². The minimum absolute atomic E-state index is 0.238. The zero-order valence-corrected chi connectivity index (χ0v) is 26.0. The van der Waals surface area contributed by atoms with Crippen molar-refractivity contribution in [2.75, 3.05) is 11.0 Å². The highest BCUT2D eigenvalue weighted by Crippen LogP contribution is 2.51. The second kappa shape index (κ2) is 10.6. The molecule has 31 heavy (non-hydrogen) atoms. The Labute approximate surface area is 208 Å².